The molecule has 13 heavy (non-hydrogen) atoms. The number of unbranched alkanes of at least 4 members (excludes halogenated alkanes) is 1. The zero-order valence-electron chi connectivity index (χ0n) is 8.72. The molecule has 72 valence electrons. The molecule has 0 spiro atoms. The molecule has 0 saturated carbocycles. The Balaban J connectivity index is 2.92. The van der Waals surface area contributed by atoms with Gasteiger partial charge >= 0.3 is 0 Å². The van der Waals surface area contributed by atoms with Crippen LogP contribution in [-0.2, 0) is 6.42 Å². The van der Waals surface area contributed by atoms with Gasteiger partial charge in [-0.1, -0.05) is 13.3 Å². The minimum Gasteiger partial charge on any atom is -0.508 e. The van der Waals surface area contributed by atoms with Gasteiger partial charge in [-0.3, -0.25) is 0 Å². The van der Waals surface area contributed by atoms with Crippen LogP contribution in [0.25, 0.3) is 0 Å². The van der Waals surface area contributed by atoms with Crippen molar-refractivity contribution < 1.29 is 5.11 Å². The Morgan fingerprint density at radius 1 is 1.15 bits per heavy atom. The fourth-order valence-electron chi connectivity index (χ4n) is 1.72. The van der Waals surface area contributed by atoms with Crippen LogP contribution >= 0.6 is 0 Å². The molecule has 0 aliphatic heterocycles. The van der Waals surface area contributed by atoms with E-state index >= 15 is 0 Å². The van der Waals surface area contributed by atoms with Crippen molar-refractivity contribution >= 4 is 0 Å². The van der Waals surface area contributed by atoms with Crippen molar-refractivity contribution in [2.24, 2.45) is 0 Å². The minimum absolute atomic E-state index is 0.384. The third-order valence-corrected chi connectivity index (χ3v) is 2.46. The second-order valence-corrected chi connectivity index (χ2v) is 3.66. The maximum atomic E-state index is 9.34. The van der Waals surface area contributed by atoms with Gasteiger partial charge in [-0.25, -0.2) is 0 Å². The van der Waals surface area contributed by atoms with Gasteiger partial charge in [0.15, 0.2) is 0 Å². The van der Waals surface area contributed by atoms with E-state index in [0.29, 0.717) is 5.75 Å². The normalized spacial score (nSPS) is 10.4. The predicted octanol–water partition coefficient (Wildman–Crippen LogP) is 3.35. The Hall–Kier alpha value is -0.980. The average molecular weight is 178 g/mol. The van der Waals surface area contributed by atoms with Crippen LogP contribution in [0.4, 0.5) is 0 Å². The number of hydrogen-bond donors (Lipinski definition) is 1. The summed E-state index contributed by atoms with van der Waals surface area (Å²) in [6.07, 6.45) is 3.58. The molecule has 0 radical (unpaired) electrons. The molecule has 0 amide bonds. The summed E-state index contributed by atoms with van der Waals surface area (Å²) in [5.41, 5.74) is 3.83. The number of phenols is 1. The lowest BCUT2D eigenvalue weighted by Gasteiger charge is -2.09. The highest BCUT2D eigenvalue weighted by Gasteiger charge is 2.03. The Labute approximate surface area is 80.4 Å². The smallest absolute Gasteiger partial charge is 0.116 e. The van der Waals surface area contributed by atoms with Crippen molar-refractivity contribution in [3.05, 3.63) is 28.8 Å². The molecule has 0 unspecified atom stereocenters. The summed E-state index contributed by atoms with van der Waals surface area (Å²) < 4.78 is 0. The molecule has 0 bridgehead atoms. The lowest BCUT2D eigenvalue weighted by molar-refractivity contribution is 0.474. The number of phenolic OH excluding ortho intramolecular Hbond substituents is 1. The molecule has 1 aromatic carbocycles. The van der Waals surface area contributed by atoms with Crippen molar-refractivity contribution in [2.75, 3.05) is 0 Å². The molecule has 1 N–H and O–H groups in total. The van der Waals surface area contributed by atoms with Gasteiger partial charge in [0.05, 0.1) is 0 Å². The summed E-state index contributed by atoms with van der Waals surface area (Å²) in [6, 6.07) is 3.69. The molecule has 0 aliphatic rings. The topological polar surface area (TPSA) is 20.2 Å². The molecular formula is C12H18O. The molecule has 0 fully saturated rings. The van der Waals surface area contributed by atoms with E-state index in [1.54, 1.807) is 0 Å². The van der Waals surface area contributed by atoms with E-state index in [4.69, 9.17) is 0 Å². The Morgan fingerprint density at radius 2 is 1.69 bits per heavy atom. The molecule has 0 heterocycles. The summed E-state index contributed by atoms with van der Waals surface area (Å²) in [5.74, 6) is 0.384. The number of aryl methyl sites for hydroxylation is 2. The summed E-state index contributed by atoms with van der Waals surface area (Å²) >= 11 is 0. The van der Waals surface area contributed by atoms with Gasteiger partial charge in [0.2, 0.25) is 0 Å². The van der Waals surface area contributed by atoms with Crippen molar-refractivity contribution in [3.63, 3.8) is 0 Å². The van der Waals surface area contributed by atoms with E-state index in [-0.39, 0.29) is 0 Å². The highest BCUT2D eigenvalue weighted by atomic mass is 16.3. The largest absolute Gasteiger partial charge is 0.508 e. The zero-order valence-corrected chi connectivity index (χ0v) is 8.72. The molecule has 0 saturated heterocycles. The maximum absolute atomic E-state index is 9.34. The lowest BCUT2D eigenvalue weighted by Crippen LogP contribution is -1.93. The third kappa shape index (κ3) is 2.48. The second-order valence-electron chi connectivity index (χ2n) is 3.66. The van der Waals surface area contributed by atoms with Crippen LogP contribution in [0.1, 0.15) is 36.5 Å². The first kappa shape index (κ1) is 10.1. The predicted molar refractivity (Wildman–Crippen MR) is 56.2 cm³/mol. The van der Waals surface area contributed by atoms with Crippen molar-refractivity contribution in [1.82, 2.24) is 0 Å². The molecule has 1 heteroatoms. The maximum Gasteiger partial charge on any atom is 0.116 e. The fraction of sp³-hybridized carbons (Fsp3) is 0.500. The summed E-state index contributed by atoms with van der Waals surface area (Å²) in [6.45, 7) is 6.33. The van der Waals surface area contributed by atoms with E-state index in [2.05, 4.69) is 20.8 Å². The molecular weight excluding hydrogens is 160 g/mol. The van der Waals surface area contributed by atoms with Gasteiger partial charge in [-0.2, -0.15) is 0 Å². The zero-order chi connectivity index (χ0) is 9.84. The molecule has 0 aromatic heterocycles. The Bertz CT molecular complexity index is 266. The highest BCUT2D eigenvalue weighted by molar-refractivity contribution is 5.40. The standard InChI is InChI=1S/C12H18O/c1-4-5-6-12-9(2)7-11(13)8-10(12)3/h7-8,13H,4-6H2,1-3H3. The van der Waals surface area contributed by atoms with Crippen LogP contribution in [0.15, 0.2) is 12.1 Å². The highest BCUT2D eigenvalue weighted by Crippen LogP contribution is 2.22. The van der Waals surface area contributed by atoms with E-state index in [0.717, 1.165) is 6.42 Å². The number of aromatic hydroxyl groups is 1. The quantitative estimate of drug-likeness (QED) is 0.752. The van der Waals surface area contributed by atoms with Gasteiger partial charge in [-0.05, 0) is 55.5 Å². The summed E-state index contributed by atoms with van der Waals surface area (Å²) in [4.78, 5) is 0. The Morgan fingerprint density at radius 3 is 2.15 bits per heavy atom. The molecule has 1 aromatic rings. The first-order valence-corrected chi connectivity index (χ1v) is 4.94. The average Bonchev–Trinajstić information content (AvgIpc) is 2.02. The van der Waals surface area contributed by atoms with Crippen LogP contribution in [0.2, 0.25) is 0 Å². The molecule has 1 nitrogen and oxygen atoms in total. The SMILES string of the molecule is CCCCc1c(C)cc(O)cc1C. The van der Waals surface area contributed by atoms with Crippen LogP contribution < -0.4 is 0 Å². The van der Waals surface area contributed by atoms with Crippen LogP contribution in [0.5, 0.6) is 5.75 Å². The van der Waals surface area contributed by atoms with E-state index in [9.17, 15) is 5.11 Å². The molecule has 0 atom stereocenters. The second kappa shape index (κ2) is 4.31. The molecule has 1 rings (SSSR count). The number of rotatable bonds is 3. The minimum atomic E-state index is 0.384. The first-order chi connectivity index (χ1) is 6.15. The molecule has 0 aliphatic carbocycles. The number of benzene rings is 1. The van der Waals surface area contributed by atoms with Gasteiger partial charge in [0.25, 0.3) is 0 Å². The number of hydrogen-bond acceptors (Lipinski definition) is 1. The third-order valence-electron chi connectivity index (χ3n) is 2.46. The van der Waals surface area contributed by atoms with Crippen molar-refractivity contribution in [1.29, 1.82) is 0 Å². The lowest BCUT2D eigenvalue weighted by atomic mass is 9.98. The van der Waals surface area contributed by atoms with Gasteiger partial charge in [-0.15, -0.1) is 0 Å². The van der Waals surface area contributed by atoms with E-state index in [1.165, 1.54) is 29.5 Å². The van der Waals surface area contributed by atoms with Gasteiger partial charge in [0, 0.05) is 0 Å². The Kier molecular flexibility index (Phi) is 3.35. The van der Waals surface area contributed by atoms with Crippen molar-refractivity contribution in [2.45, 2.75) is 40.0 Å². The summed E-state index contributed by atoms with van der Waals surface area (Å²) in [5, 5.41) is 9.34. The monoisotopic (exact) mass is 178 g/mol. The van der Waals surface area contributed by atoms with Crippen LogP contribution in [0, 0.1) is 13.8 Å². The van der Waals surface area contributed by atoms with Crippen LogP contribution in [-0.4, -0.2) is 5.11 Å². The van der Waals surface area contributed by atoms with Crippen LogP contribution in [0.3, 0.4) is 0 Å². The summed E-state index contributed by atoms with van der Waals surface area (Å²) in [7, 11) is 0. The first-order valence-electron chi connectivity index (χ1n) is 4.94. The van der Waals surface area contributed by atoms with E-state index < -0.39 is 0 Å². The van der Waals surface area contributed by atoms with Gasteiger partial charge in [0.1, 0.15) is 5.75 Å². The van der Waals surface area contributed by atoms with Gasteiger partial charge < -0.3 is 5.11 Å². The van der Waals surface area contributed by atoms with E-state index in [1.807, 2.05) is 12.1 Å². The van der Waals surface area contributed by atoms with Crippen molar-refractivity contribution in [3.8, 4) is 5.75 Å². The fourth-order valence-corrected chi connectivity index (χ4v) is 1.72.